The molecule has 15 heavy (non-hydrogen) atoms. The van der Waals surface area contributed by atoms with Crippen molar-refractivity contribution < 1.29 is 0 Å². The molecule has 80 valence electrons. The number of hydrogen-bond donors (Lipinski definition) is 1. The molecule has 0 fully saturated rings. The topological polar surface area (TPSA) is 55.6 Å². The fraction of sp³-hybridized carbons (Fsp3) is 0.444. The Balaban J connectivity index is 2.08. The van der Waals surface area contributed by atoms with Crippen LogP contribution in [0.3, 0.4) is 0 Å². The molecule has 0 aliphatic heterocycles. The van der Waals surface area contributed by atoms with Gasteiger partial charge in [-0.25, -0.2) is 4.98 Å². The molecule has 2 aromatic rings. The van der Waals surface area contributed by atoms with Crippen LogP contribution in [0.4, 0.5) is 5.13 Å². The average molecular weight is 223 g/mol. The van der Waals surface area contributed by atoms with E-state index in [1.165, 1.54) is 0 Å². The highest BCUT2D eigenvalue weighted by Crippen LogP contribution is 2.16. The summed E-state index contributed by atoms with van der Waals surface area (Å²) in [6, 6.07) is 0. The summed E-state index contributed by atoms with van der Waals surface area (Å²) in [6.45, 7) is 5.64. The molecule has 0 saturated carbocycles. The first kappa shape index (κ1) is 10.1. The molecule has 5 nitrogen and oxygen atoms in total. The van der Waals surface area contributed by atoms with Crippen LogP contribution in [0, 0.1) is 6.92 Å². The van der Waals surface area contributed by atoms with E-state index in [1.54, 1.807) is 17.5 Å². The zero-order valence-corrected chi connectivity index (χ0v) is 9.58. The monoisotopic (exact) mass is 223 g/mol. The molecule has 0 saturated heterocycles. The molecule has 0 bridgehead atoms. The fourth-order valence-electron chi connectivity index (χ4n) is 1.26. The van der Waals surface area contributed by atoms with E-state index in [9.17, 15) is 0 Å². The highest BCUT2D eigenvalue weighted by Gasteiger charge is 2.04. The molecule has 0 amide bonds. The van der Waals surface area contributed by atoms with Crippen LogP contribution in [0.1, 0.15) is 17.8 Å². The number of aromatic nitrogens is 4. The second-order valence-electron chi connectivity index (χ2n) is 3.13. The van der Waals surface area contributed by atoms with E-state index < -0.39 is 0 Å². The number of aryl methyl sites for hydroxylation is 1. The van der Waals surface area contributed by atoms with Gasteiger partial charge in [-0.2, -0.15) is 0 Å². The maximum absolute atomic E-state index is 4.16. The van der Waals surface area contributed by atoms with Crippen molar-refractivity contribution >= 4 is 16.5 Å². The molecule has 0 radical (unpaired) electrons. The first-order chi connectivity index (χ1) is 7.29. The first-order valence-corrected chi connectivity index (χ1v) is 5.65. The quantitative estimate of drug-likeness (QED) is 0.854. The van der Waals surface area contributed by atoms with E-state index in [0.29, 0.717) is 0 Å². The molecule has 0 aliphatic carbocycles. The van der Waals surface area contributed by atoms with Crippen LogP contribution in [0.25, 0.3) is 0 Å². The second-order valence-corrected chi connectivity index (χ2v) is 4.20. The number of rotatable bonds is 4. The van der Waals surface area contributed by atoms with Crippen molar-refractivity contribution in [3.63, 3.8) is 0 Å². The van der Waals surface area contributed by atoms with Crippen molar-refractivity contribution in [1.29, 1.82) is 0 Å². The van der Waals surface area contributed by atoms with Crippen LogP contribution in [-0.4, -0.2) is 26.3 Å². The highest BCUT2D eigenvalue weighted by atomic mass is 32.1. The first-order valence-electron chi connectivity index (χ1n) is 4.83. The molecule has 0 aliphatic rings. The minimum atomic E-state index is 0.745. The van der Waals surface area contributed by atoms with Gasteiger partial charge >= 0.3 is 0 Å². The molecule has 2 aromatic heterocycles. The van der Waals surface area contributed by atoms with Crippen LogP contribution >= 0.6 is 11.3 Å². The van der Waals surface area contributed by atoms with Gasteiger partial charge in [-0.15, -0.1) is 10.2 Å². The molecule has 0 aromatic carbocycles. The van der Waals surface area contributed by atoms with Crippen molar-refractivity contribution in [3.05, 3.63) is 23.2 Å². The largest absolute Gasteiger partial charge is 0.360 e. The average Bonchev–Trinajstić information content (AvgIpc) is 2.79. The number of imidazole rings is 1. The van der Waals surface area contributed by atoms with Crippen LogP contribution in [0.2, 0.25) is 0 Å². The van der Waals surface area contributed by atoms with Gasteiger partial charge in [0.15, 0.2) is 0 Å². The number of nitrogens with zero attached hydrogens (tertiary/aromatic N) is 4. The van der Waals surface area contributed by atoms with Crippen LogP contribution < -0.4 is 5.32 Å². The van der Waals surface area contributed by atoms with Crippen LogP contribution in [0.15, 0.2) is 12.4 Å². The predicted molar refractivity (Wildman–Crippen MR) is 60.1 cm³/mol. The minimum Gasteiger partial charge on any atom is -0.360 e. The standard InChI is InChI=1S/C9H13N5S/c1-3-10-9-13-12-8(15-9)6-14-5-4-11-7(14)2/h4-5H,3,6H2,1-2H3,(H,10,13). The van der Waals surface area contributed by atoms with Gasteiger partial charge in [0.2, 0.25) is 5.13 Å². The Morgan fingerprint density at radius 3 is 3.00 bits per heavy atom. The summed E-state index contributed by atoms with van der Waals surface area (Å²) >= 11 is 1.58. The van der Waals surface area contributed by atoms with Gasteiger partial charge in [-0.05, 0) is 13.8 Å². The van der Waals surface area contributed by atoms with Crippen LogP contribution in [-0.2, 0) is 6.54 Å². The maximum Gasteiger partial charge on any atom is 0.205 e. The summed E-state index contributed by atoms with van der Waals surface area (Å²) in [4.78, 5) is 4.16. The van der Waals surface area contributed by atoms with E-state index >= 15 is 0 Å². The van der Waals surface area contributed by atoms with Crippen molar-refractivity contribution in [2.45, 2.75) is 20.4 Å². The van der Waals surface area contributed by atoms with Crippen molar-refractivity contribution in [2.24, 2.45) is 0 Å². The van der Waals surface area contributed by atoms with Gasteiger partial charge in [0.25, 0.3) is 0 Å². The van der Waals surface area contributed by atoms with Crippen LogP contribution in [0.5, 0.6) is 0 Å². The summed E-state index contributed by atoms with van der Waals surface area (Å²) in [5.41, 5.74) is 0. The van der Waals surface area contributed by atoms with E-state index in [-0.39, 0.29) is 0 Å². The van der Waals surface area contributed by atoms with Gasteiger partial charge in [-0.3, -0.25) is 0 Å². The zero-order chi connectivity index (χ0) is 10.7. The Morgan fingerprint density at radius 1 is 1.47 bits per heavy atom. The lowest BCUT2D eigenvalue weighted by atomic mass is 10.6. The maximum atomic E-state index is 4.16. The van der Waals surface area contributed by atoms with Gasteiger partial charge in [0, 0.05) is 18.9 Å². The molecular formula is C9H13N5S. The lowest BCUT2D eigenvalue weighted by Gasteiger charge is -1.99. The molecule has 0 spiro atoms. The summed E-state index contributed by atoms with van der Waals surface area (Å²) < 4.78 is 2.05. The van der Waals surface area contributed by atoms with E-state index in [4.69, 9.17) is 0 Å². The third-order valence-electron chi connectivity index (χ3n) is 2.02. The summed E-state index contributed by atoms with van der Waals surface area (Å²) in [5.74, 6) is 0.996. The fourth-order valence-corrected chi connectivity index (χ4v) is 2.06. The summed E-state index contributed by atoms with van der Waals surface area (Å²) in [7, 11) is 0. The smallest absolute Gasteiger partial charge is 0.205 e. The Kier molecular flexibility index (Phi) is 2.96. The lowest BCUT2D eigenvalue weighted by Crippen LogP contribution is -2.00. The molecule has 0 atom stereocenters. The number of hydrogen-bond acceptors (Lipinski definition) is 5. The van der Waals surface area contributed by atoms with E-state index in [1.807, 2.05) is 20.0 Å². The highest BCUT2D eigenvalue weighted by molar-refractivity contribution is 7.15. The molecule has 0 unspecified atom stereocenters. The molecular weight excluding hydrogens is 210 g/mol. The minimum absolute atomic E-state index is 0.745. The number of nitrogens with one attached hydrogen (secondary N) is 1. The Hall–Kier alpha value is -1.43. The van der Waals surface area contributed by atoms with Gasteiger partial charge in [-0.1, -0.05) is 11.3 Å². The second kappa shape index (κ2) is 4.39. The Labute approximate surface area is 92.2 Å². The van der Waals surface area contributed by atoms with Crippen molar-refractivity contribution in [2.75, 3.05) is 11.9 Å². The van der Waals surface area contributed by atoms with Gasteiger partial charge in [0.1, 0.15) is 10.8 Å². The zero-order valence-electron chi connectivity index (χ0n) is 8.77. The summed E-state index contributed by atoms with van der Waals surface area (Å²) in [5, 5.41) is 13.2. The van der Waals surface area contributed by atoms with Crippen molar-refractivity contribution in [3.8, 4) is 0 Å². The molecule has 6 heteroatoms. The van der Waals surface area contributed by atoms with Gasteiger partial charge < -0.3 is 9.88 Å². The normalized spacial score (nSPS) is 10.5. The van der Waals surface area contributed by atoms with E-state index in [0.717, 1.165) is 29.1 Å². The lowest BCUT2D eigenvalue weighted by molar-refractivity contribution is 0.746. The Bertz CT molecular complexity index is 433. The molecule has 1 N–H and O–H groups in total. The predicted octanol–water partition coefficient (Wildman–Crippen LogP) is 1.52. The third kappa shape index (κ3) is 2.33. The van der Waals surface area contributed by atoms with E-state index in [2.05, 4.69) is 25.1 Å². The number of anilines is 1. The van der Waals surface area contributed by atoms with Gasteiger partial charge in [0.05, 0.1) is 6.54 Å². The molecule has 2 heterocycles. The Morgan fingerprint density at radius 2 is 2.33 bits per heavy atom. The SMILES string of the molecule is CCNc1nnc(Cn2ccnc2C)s1. The summed E-state index contributed by atoms with van der Waals surface area (Å²) in [6.07, 6.45) is 3.74. The van der Waals surface area contributed by atoms with Crippen molar-refractivity contribution in [1.82, 2.24) is 19.7 Å². The molecule has 2 rings (SSSR count). The third-order valence-corrected chi connectivity index (χ3v) is 2.89.